The zero-order chi connectivity index (χ0) is 16.2. The molecular formula is C18H19Cl2N3O. The smallest absolute Gasteiger partial charge is 0.122 e. The number of fused-ring (bicyclic) bond motifs is 1. The number of nitrogens with one attached hydrogen (secondary N) is 1. The van der Waals surface area contributed by atoms with Crippen LogP contribution in [0, 0.1) is 0 Å². The number of nitrogens with zero attached hydrogens (tertiary/aromatic N) is 1. The van der Waals surface area contributed by atoms with Crippen molar-refractivity contribution in [2.45, 2.75) is 6.42 Å². The predicted molar refractivity (Wildman–Crippen MR) is 103 cm³/mol. The lowest BCUT2D eigenvalue weighted by atomic mass is 10.1. The molecule has 3 rings (SSSR count). The lowest BCUT2D eigenvalue weighted by Crippen LogP contribution is -2.05. The summed E-state index contributed by atoms with van der Waals surface area (Å²) in [7, 11) is 1.67. The number of anilines is 2. The van der Waals surface area contributed by atoms with E-state index in [9.17, 15) is 0 Å². The van der Waals surface area contributed by atoms with Crippen molar-refractivity contribution < 1.29 is 4.74 Å². The molecule has 4 nitrogen and oxygen atoms in total. The van der Waals surface area contributed by atoms with E-state index in [4.69, 9.17) is 22.1 Å². The van der Waals surface area contributed by atoms with Gasteiger partial charge in [-0.05, 0) is 61.0 Å². The summed E-state index contributed by atoms with van der Waals surface area (Å²) in [5.41, 5.74) is 9.59. The van der Waals surface area contributed by atoms with Crippen LogP contribution in [0.4, 0.5) is 11.4 Å². The Morgan fingerprint density at radius 1 is 1.17 bits per heavy atom. The molecule has 1 heterocycles. The fourth-order valence-corrected chi connectivity index (χ4v) is 2.76. The number of hydrogen-bond acceptors (Lipinski definition) is 4. The van der Waals surface area contributed by atoms with Gasteiger partial charge in [0.15, 0.2) is 0 Å². The summed E-state index contributed by atoms with van der Waals surface area (Å²) in [6, 6.07) is 13.6. The maximum Gasteiger partial charge on any atom is 0.122 e. The van der Waals surface area contributed by atoms with Gasteiger partial charge in [0, 0.05) is 28.0 Å². The Labute approximate surface area is 152 Å². The molecule has 0 unspecified atom stereocenters. The van der Waals surface area contributed by atoms with Gasteiger partial charge in [0.05, 0.1) is 12.6 Å². The van der Waals surface area contributed by atoms with Crippen molar-refractivity contribution in [2.24, 2.45) is 5.73 Å². The van der Waals surface area contributed by atoms with Crippen molar-refractivity contribution >= 4 is 46.3 Å². The maximum absolute atomic E-state index is 6.03. The second-order valence-corrected chi connectivity index (χ2v) is 5.65. The first kappa shape index (κ1) is 18.3. The summed E-state index contributed by atoms with van der Waals surface area (Å²) < 4.78 is 5.38. The molecule has 0 aliphatic rings. The molecule has 3 aromatic rings. The third kappa shape index (κ3) is 3.90. The summed E-state index contributed by atoms with van der Waals surface area (Å²) in [6.07, 6.45) is 2.54. The highest BCUT2D eigenvalue weighted by Crippen LogP contribution is 2.29. The molecule has 0 bridgehead atoms. The van der Waals surface area contributed by atoms with E-state index >= 15 is 0 Å². The average Bonchev–Trinajstić information content (AvgIpc) is 2.55. The van der Waals surface area contributed by atoms with Gasteiger partial charge < -0.3 is 15.8 Å². The lowest BCUT2D eigenvalue weighted by Gasteiger charge is -2.13. The lowest BCUT2D eigenvalue weighted by molar-refractivity contribution is 0.410. The third-order valence-corrected chi connectivity index (χ3v) is 3.91. The summed E-state index contributed by atoms with van der Waals surface area (Å²) in [5.74, 6) is 0.854. The molecule has 0 aliphatic carbocycles. The molecule has 0 amide bonds. The van der Waals surface area contributed by atoms with E-state index in [0.717, 1.165) is 40.0 Å². The Hall–Kier alpha value is -2.01. The first-order chi connectivity index (χ1) is 11.2. The molecule has 24 heavy (non-hydrogen) atoms. The van der Waals surface area contributed by atoms with Gasteiger partial charge in [-0.2, -0.15) is 0 Å². The molecule has 0 saturated carbocycles. The van der Waals surface area contributed by atoms with Crippen molar-refractivity contribution in [1.82, 2.24) is 4.98 Å². The van der Waals surface area contributed by atoms with Gasteiger partial charge in [0.1, 0.15) is 5.75 Å². The van der Waals surface area contributed by atoms with Crippen LogP contribution in [0.1, 0.15) is 5.56 Å². The molecule has 0 radical (unpaired) electrons. The minimum absolute atomic E-state index is 0. The molecule has 6 heteroatoms. The number of pyridine rings is 1. The number of aromatic nitrogens is 1. The highest BCUT2D eigenvalue weighted by Gasteiger charge is 2.07. The quantitative estimate of drug-likeness (QED) is 0.697. The van der Waals surface area contributed by atoms with Gasteiger partial charge >= 0.3 is 0 Å². The fourth-order valence-electron chi connectivity index (χ4n) is 2.59. The molecule has 0 atom stereocenters. The van der Waals surface area contributed by atoms with Crippen LogP contribution in [0.3, 0.4) is 0 Å². The van der Waals surface area contributed by atoms with Crippen LogP contribution in [0.5, 0.6) is 5.75 Å². The van der Waals surface area contributed by atoms with E-state index in [0.29, 0.717) is 11.6 Å². The van der Waals surface area contributed by atoms with Gasteiger partial charge in [-0.15, -0.1) is 12.4 Å². The normalized spacial score (nSPS) is 10.3. The van der Waals surface area contributed by atoms with Crippen molar-refractivity contribution in [3.63, 3.8) is 0 Å². The molecule has 126 valence electrons. The molecule has 0 spiro atoms. The summed E-state index contributed by atoms with van der Waals surface area (Å²) in [6.45, 7) is 0.580. The predicted octanol–water partition coefficient (Wildman–Crippen LogP) is 4.56. The van der Waals surface area contributed by atoms with Gasteiger partial charge in [-0.25, -0.2) is 0 Å². The molecule has 1 aromatic heterocycles. The summed E-state index contributed by atoms with van der Waals surface area (Å²) >= 11 is 6.03. The van der Waals surface area contributed by atoms with E-state index in [1.54, 1.807) is 13.3 Å². The number of rotatable bonds is 5. The second-order valence-electron chi connectivity index (χ2n) is 5.21. The minimum Gasteiger partial charge on any atom is -0.496 e. The van der Waals surface area contributed by atoms with Crippen LogP contribution in [-0.2, 0) is 6.42 Å². The number of benzene rings is 2. The molecular weight excluding hydrogens is 345 g/mol. The van der Waals surface area contributed by atoms with Crippen LogP contribution in [0.2, 0.25) is 5.02 Å². The van der Waals surface area contributed by atoms with Crippen molar-refractivity contribution in [3.05, 3.63) is 59.2 Å². The SMILES string of the molecule is COc1ccc(Nc2ccnc3cc(Cl)ccc23)cc1CCN.Cl. The monoisotopic (exact) mass is 363 g/mol. The molecule has 2 aromatic carbocycles. The van der Waals surface area contributed by atoms with E-state index in [-0.39, 0.29) is 12.4 Å². The number of hydrogen-bond donors (Lipinski definition) is 2. The van der Waals surface area contributed by atoms with E-state index in [1.807, 2.05) is 36.4 Å². The molecule has 0 aliphatic heterocycles. The van der Waals surface area contributed by atoms with E-state index in [2.05, 4.69) is 16.4 Å². The topological polar surface area (TPSA) is 60.2 Å². The number of nitrogens with two attached hydrogens (primary N) is 1. The molecule has 3 N–H and O–H groups in total. The Bertz CT molecular complexity index is 840. The number of ether oxygens (including phenoxy) is 1. The molecule has 0 saturated heterocycles. The van der Waals surface area contributed by atoms with Gasteiger partial charge in [-0.3, -0.25) is 4.98 Å². The Balaban J connectivity index is 0.00000208. The fraction of sp³-hybridized carbons (Fsp3) is 0.167. The Morgan fingerprint density at radius 2 is 2.00 bits per heavy atom. The minimum atomic E-state index is 0. The zero-order valence-electron chi connectivity index (χ0n) is 13.3. The van der Waals surface area contributed by atoms with Crippen molar-refractivity contribution in [3.8, 4) is 5.75 Å². The van der Waals surface area contributed by atoms with Crippen LogP contribution >= 0.6 is 24.0 Å². The molecule has 0 fully saturated rings. The van der Waals surface area contributed by atoms with Gasteiger partial charge in [0.25, 0.3) is 0 Å². The van der Waals surface area contributed by atoms with E-state index in [1.165, 1.54) is 0 Å². The third-order valence-electron chi connectivity index (χ3n) is 3.68. The number of halogens is 2. The first-order valence-electron chi connectivity index (χ1n) is 7.39. The van der Waals surface area contributed by atoms with Crippen LogP contribution in [0.15, 0.2) is 48.7 Å². The summed E-state index contributed by atoms with van der Waals surface area (Å²) in [5, 5.41) is 5.14. The van der Waals surface area contributed by atoms with Crippen molar-refractivity contribution in [1.29, 1.82) is 0 Å². The van der Waals surface area contributed by atoms with E-state index < -0.39 is 0 Å². The summed E-state index contributed by atoms with van der Waals surface area (Å²) in [4.78, 5) is 4.36. The Kier molecular flexibility index (Phi) is 6.26. The Morgan fingerprint density at radius 3 is 2.75 bits per heavy atom. The largest absolute Gasteiger partial charge is 0.496 e. The number of methoxy groups -OCH3 is 1. The standard InChI is InChI=1S/C18H18ClN3O.ClH/c1-23-18-5-3-14(10-12(18)6-8-20)22-16-7-9-21-17-11-13(19)2-4-15(16)17;/h2-5,7,9-11H,6,8,20H2,1H3,(H,21,22);1H. The highest BCUT2D eigenvalue weighted by molar-refractivity contribution is 6.31. The van der Waals surface area contributed by atoms with Crippen molar-refractivity contribution in [2.75, 3.05) is 19.0 Å². The van der Waals surface area contributed by atoms with Crippen LogP contribution in [-0.4, -0.2) is 18.6 Å². The average molecular weight is 364 g/mol. The second kappa shape index (κ2) is 8.20. The van der Waals surface area contributed by atoms with Gasteiger partial charge in [-0.1, -0.05) is 11.6 Å². The zero-order valence-corrected chi connectivity index (χ0v) is 14.8. The highest BCUT2D eigenvalue weighted by atomic mass is 35.5. The maximum atomic E-state index is 6.03. The van der Waals surface area contributed by atoms with Gasteiger partial charge in [0.2, 0.25) is 0 Å². The van der Waals surface area contributed by atoms with Crippen LogP contribution in [0.25, 0.3) is 10.9 Å². The first-order valence-corrected chi connectivity index (χ1v) is 7.77. The van der Waals surface area contributed by atoms with Crippen LogP contribution < -0.4 is 15.8 Å².